The number of amides is 2. The summed E-state index contributed by atoms with van der Waals surface area (Å²) in [6, 6.07) is 3.21. The summed E-state index contributed by atoms with van der Waals surface area (Å²) in [5.74, 6) is -1.48. The molecule has 20 heavy (non-hydrogen) atoms. The maximum Gasteiger partial charge on any atom is 0.335 e. The molecule has 1 aromatic rings. The minimum Gasteiger partial charge on any atom is -0.506 e. The van der Waals surface area contributed by atoms with Crippen molar-refractivity contribution in [1.29, 1.82) is 0 Å². The highest BCUT2D eigenvalue weighted by Gasteiger charge is 2.15. The van der Waals surface area contributed by atoms with E-state index >= 15 is 0 Å². The lowest BCUT2D eigenvalue weighted by molar-refractivity contribution is 0.0696. The molecule has 0 aromatic heterocycles. The minimum absolute atomic E-state index is 0.0683. The van der Waals surface area contributed by atoms with Crippen molar-refractivity contribution in [3.05, 3.63) is 23.8 Å². The number of nitrogens with zero attached hydrogens (tertiary/aromatic N) is 1. The molecule has 7 nitrogen and oxygen atoms in total. The number of anilines is 1. The average Bonchev–Trinajstić information content (AvgIpc) is 2.40. The van der Waals surface area contributed by atoms with E-state index < -0.39 is 12.0 Å². The fourth-order valence-electron chi connectivity index (χ4n) is 1.67. The number of hydrogen-bond donors (Lipinski definition) is 4. The maximum atomic E-state index is 11.9. The third-order valence-electron chi connectivity index (χ3n) is 2.64. The van der Waals surface area contributed by atoms with Crippen LogP contribution in [0.1, 0.15) is 23.7 Å². The standard InChI is InChI=1S/C13H18N2O5/c1-2-5-15(6-7-16)13(20)14-10-4-3-9(12(18)19)8-11(10)17/h3-4,8,16-17H,2,5-7H2,1H3,(H,14,20)(H,18,19). The molecule has 0 unspecified atom stereocenters. The number of benzene rings is 1. The Morgan fingerprint density at radius 1 is 1.30 bits per heavy atom. The van der Waals surface area contributed by atoms with Crippen LogP contribution in [0.3, 0.4) is 0 Å². The monoisotopic (exact) mass is 282 g/mol. The Hall–Kier alpha value is -2.28. The number of hydrogen-bond acceptors (Lipinski definition) is 4. The van der Waals surface area contributed by atoms with Gasteiger partial charge in [0.2, 0.25) is 0 Å². The van der Waals surface area contributed by atoms with E-state index in [1.165, 1.54) is 17.0 Å². The first-order valence-electron chi connectivity index (χ1n) is 6.22. The lowest BCUT2D eigenvalue weighted by Crippen LogP contribution is -2.37. The fraction of sp³-hybridized carbons (Fsp3) is 0.385. The molecule has 1 rings (SSSR count). The Bertz CT molecular complexity index is 484. The first-order chi connectivity index (χ1) is 9.49. The first kappa shape index (κ1) is 15.8. The van der Waals surface area contributed by atoms with Gasteiger partial charge in [-0.1, -0.05) is 6.92 Å². The quantitative estimate of drug-likeness (QED) is 0.588. The van der Waals surface area contributed by atoms with Crippen molar-refractivity contribution in [3.8, 4) is 5.75 Å². The van der Waals surface area contributed by atoms with Gasteiger partial charge in [-0.05, 0) is 24.6 Å². The summed E-state index contributed by atoms with van der Waals surface area (Å²) in [4.78, 5) is 24.1. The highest BCUT2D eigenvalue weighted by atomic mass is 16.4. The molecule has 7 heteroatoms. The van der Waals surface area contributed by atoms with Crippen LogP contribution in [0, 0.1) is 0 Å². The van der Waals surface area contributed by atoms with Crippen molar-refractivity contribution in [3.63, 3.8) is 0 Å². The van der Waals surface area contributed by atoms with Crippen molar-refractivity contribution in [2.75, 3.05) is 25.0 Å². The summed E-state index contributed by atoms with van der Waals surface area (Å²) >= 11 is 0. The number of aliphatic hydroxyl groups excluding tert-OH is 1. The molecule has 0 heterocycles. The van der Waals surface area contributed by atoms with E-state index in [2.05, 4.69) is 5.32 Å². The van der Waals surface area contributed by atoms with Gasteiger partial charge in [-0.3, -0.25) is 0 Å². The number of aliphatic hydroxyl groups is 1. The second-order valence-electron chi connectivity index (χ2n) is 4.18. The molecule has 0 aliphatic rings. The fourth-order valence-corrected chi connectivity index (χ4v) is 1.67. The predicted molar refractivity (Wildman–Crippen MR) is 73.0 cm³/mol. The molecule has 0 bridgehead atoms. The van der Waals surface area contributed by atoms with Crippen LogP contribution in [-0.2, 0) is 0 Å². The number of carboxylic acids is 1. The molecular formula is C13H18N2O5. The SMILES string of the molecule is CCCN(CCO)C(=O)Nc1ccc(C(=O)O)cc1O. The maximum absolute atomic E-state index is 11.9. The Labute approximate surface area is 116 Å². The molecule has 0 atom stereocenters. The van der Waals surface area contributed by atoms with E-state index in [1.54, 1.807) is 0 Å². The van der Waals surface area contributed by atoms with Gasteiger partial charge in [0, 0.05) is 13.1 Å². The van der Waals surface area contributed by atoms with Crippen LogP contribution in [0.5, 0.6) is 5.75 Å². The number of rotatable bonds is 6. The van der Waals surface area contributed by atoms with Crippen LogP contribution in [0.15, 0.2) is 18.2 Å². The second kappa shape index (κ2) is 7.34. The number of urea groups is 1. The van der Waals surface area contributed by atoms with Gasteiger partial charge in [0.05, 0.1) is 17.9 Å². The Morgan fingerprint density at radius 2 is 2.00 bits per heavy atom. The summed E-state index contributed by atoms with van der Waals surface area (Å²) in [7, 11) is 0. The van der Waals surface area contributed by atoms with Gasteiger partial charge in [0.25, 0.3) is 0 Å². The smallest absolute Gasteiger partial charge is 0.335 e. The molecule has 1 aromatic carbocycles. The highest BCUT2D eigenvalue weighted by molar-refractivity contribution is 5.93. The Morgan fingerprint density at radius 3 is 2.50 bits per heavy atom. The Kier molecular flexibility index (Phi) is 5.79. The van der Waals surface area contributed by atoms with Crippen LogP contribution < -0.4 is 5.32 Å². The van der Waals surface area contributed by atoms with Crippen LogP contribution in [-0.4, -0.2) is 51.9 Å². The lowest BCUT2D eigenvalue weighted by atomic mass is 10.2. The zero-order valence-electron chi connectivity index (χ0n) is 11.2. The van der Waals surface area contributed by atoms with E-state index in [4.69, 9.17) is 10.2 Å². The van der Waals surface area contributed by atoms with Crippen molar-refractivity contribution in [2.24, 2.45) is 0 Å². The van der Waals surface area contributed by atoms with E-state index in [0.29, 0.717) is 6.54 Å². The van der Waals surface area contributed by atoms with Crippen molar-refractivity contribution < 1.29 is 24.9 Å². The molecule has 0 radical (unpaired) electrons. The van der Waals surface area contributed by atoms with Gasteiger partial charge in [-0.25, -0.2) is 9.59 Å². The summed E-state index contributed by atoms with van der Waals surface area (Å²) in [6.45, 7) is 2.40. The molecule has 0 aliphatic carbocycles. The summed E-state index contributed by atoms with van der Waals surface area (Å²) in [5.41, 5.74) is 0.0558. The van der Waals surface area contributed by atoms with Crippen LogP contribution in [0.25, 0.3) is 0 Å². The third kappa shape index (κ3) is 4.13. The van der Waals surface area contributed by atoms with Gasteiger partial charge in [0.15, 0.2) is 0 Å². The van der Waals surface area contributed by atoms with Gasteiger partial charge in [0.1, 0.15) is 5.75 Å². The predicted octanol–water partition coefficient (Wildman–Crippen LogP) is 1.33. The van der Waals surface area contributed by atoms with Crippen LogP contribution in [0.4, 0.5) is 10.5 Å². The molecular weight excluding hydrogens is 264 g/mol. The average molecular weight is 282 g/mol. The van der Waals surface area contributed by atoms with E-state index in [1.807, 2.05) is 6.92 Å². The van der Waals surface area contributed by atoms with Gasteiger partial charge in [-0.15, -0.1) is 0 Å². The molecule has 0 saturated carbocycles. The Balaban J connectivity index is 2.81. The number of phenolic OH excluding ortho intramolecular Hbond substituents is 1. The topological polar surface area (TPSA) is 110 Å². The summed E-state index contributed by atoms with van der Waals surface area (Å²) in [6.07, 6.45) is 0.733. The number of aromatic hydroxyl groups is 1. The minimum atomic E-state index is -1.16. The number of carbonyl (C=O) groups is 2. The number of phenols is 1. The lowest BCUT2D eigenvalue weighted by Gasteiger charge is -2.21. The largest absolute Gasteiger partial charge is 0.506 e. The van der Waals surface area contributed by atoms with Gasteiger partial charge in [-0.2, -0.15) is 0 Å². The molecule has 0 aliphatic heterocycles. The summed E-state index contributed by atoms with van der Waals surface area (Å²) < 4.78 is 0. The van der Waals surface area contributed by atoms with Crippen LogP contribution in [0.2, 0.25) is 0 Å². The molecule has 0 fully saturated rings. The molecule has 0 spiro atoms. The normalized spacial score (nSPS) is 10.1. The molecule has 2 amide bonds. The number of aromatic carboxylic acids is 1. The van der Waals surface area contributed by atoms with Gasteiger partial charge < -0.3 is 25.5 Å². The van der Waals surface area contributed by atoms with Crippen molar-refractivity contribution in [1.82, 2.24) is 4.90 Å². The zero-order chi connectivity index (χ0) is 15.1. The van der Waals surface area contributed by atoms with E-state index in [0.717, 1.165) is 12.5 Å². The first-order valence-corrected chi connectivity index (χ1v) is 6.22. The molecule has 0 saturated heterocycles. The highest BCUT2D eigenvalue weighted by Crippen LogP contribution is 2.24. The zero-order valence-corrected chi connectivity index (χ0v) is 11.2. The number of nitrogens with one attached hydrogen (secondary N) is 1. The van der Waals surface area contributed by atoms with E-state index in [-0.39, 0.29) is 30.2 Å². The van der Waals surface area contributed by atoms with Gasteiger partial charge >= 0.3 is 12.0 Å². The second-order valence-corrected chi connectivity index (χ2v) is 4.18. The van der Waals surface area contributed by atoms with Crippen molar-refractivity contribution in [2.45, 2.75) is 13.3 Å². The molecule has 110 valence electrons. The van der Waals surface area contributed by atoms with Crippen LogP contribution >= 0.6 is 0 Å². The third-order valence-corrected chi connectivity index (χ3v) is 2.64. The number of carbonyl (C=O) groups excluding carboxylic acids is 1. The number of carboxylic acid groups (broad SMARTS) is 1. The van der Waals surface area contributed by atoms with E-state index in [9.17, 15) is 14.7 Å². The summed E-state index contributed by atoms with van der Waals surface area (Å²) in [5, 5.41) is 29.8. The molecule has 4 N–H and O–H groups in total. The van der Waals surface area contributed by atoms with Crippen molar-refractivity contribution >= 4 is 17.7 Å².